The average molecular weight is 346 g/mol. The molecular weight excluding hydrogens is 332 g/mol. The molecule has 0 saturated carbocycles. The van der Waals surface area contributed by atoms with Gasteiger partial charge in [0.25, 0.3) is 13.5 Å². The van der Waals surface area contributed by atoms with Crippen LogP contribution >= 0.6 is 0 Å². The molecule has 0 saturated heterocycles. The van der Waals surface area contributed by atoms with Crippen molar-refractivity contribution < 1.29 is 33.6 Å². The fourth-order valence-electron chi connectivity index (χ4n) is 1.68. The molecule has 2 aliphatic heterocycles. The summed E-state index contributed by atoms with van der Waals surface area (Å²) in [6.07, 6.45) is 0. The number of hydrazine groups is 3. The number of rotatable bonds is 7. The molecule has 0 aromatic rings. The maximum atomic E-state index is 11.4. The van der Waals surface area contributed by atoms with E-state index < -0.39 is 30.4 Å². The number of nitrogens with zero attached hydrogens (tertiary/aromatic N) is 6. The van der Waals surface area contributed by atoms with Crippen LogP contribution in [0, 0.1) is 20.5 Å². The molecule has 0 atom stereocenters. The van der Waals surface area contributed by atoms with Crippen molar-refractivity contribution in [3.63, 3.8) is 0 Å². The molecule has 0 unspecified atom stereocenters. The lowest BCUT2D eigenvalue weighted by Crippen LogP contribution is -2.59. The van der Waals surface area contributed by atoms with Crippen LogP contribution in [0.3, 0.4) is 0 Å². The Kier molecular flexibility index (Phi) is 4.57. The Hall–Kier alpha value is -3.32. The minimum Gasteiger partial charge on any atom is -0.715 e. The van der Waals surface area contributed by atoms with E-state index in [4.69, 9.17) is 9.47 Å². The minimum atomic E-state index is -0.939. The molecular formula is C10H14N6O8. The normalized spacial score (nSPS) is 14.9. The van der Waals surface area contributed by atoms with Crippen molar-refractivity contribution in [1.29, 1.82) is 0 Å². The Labute approximate surface area is 134 Å². The average Bonchev–Trinajstić information content (AvgIpc) is 3.36. The molecule has 0 N–H and O–H groups in total. The second kappa shape index (κ2) is 6.43. The van der Waals surface area contributed by atoms with Gasteiger partial charge in [-0.2, -0.15) is 0 Å². The van der Waals surface area contributed by atoms with Gasteiger partial charge in [0.2, 0.25) is 10.3 Å². The lowest BCUT2D eigenvalue weighted by atomic mass is 10.7. The first-order chi connectivity index (χ1) is 11.2. The Morgan fingerprint density at radius 3 is 1.58 bits per heavy atom. The number of nitro groups is 1. The molecule has 132 valence electrons. The van der Waals surface area contributed by atoms with Gasteiger partial charge in [0.05, 0.1) is 0 Å². The quantitative estimate of drug-likeness (QED) is 0.123. The predicted molar refractivity (Wildman–Crippen MR) is 72.8 cm³/mol. The number of amidine groups is 2. The van der Waals surface area contributed by atoms with E-state index >= 15 is 0 Å². The number of esters is 2. The fraction of sp³-hybridized carbons (Fsp3) is 0.600. The molecule has 0 bridgehead atoms. The van der Waals surface area contributed by atoms with Gasteiger partial charge in [-0.3, -0.25) is 19.1 Å². The Bertz CT molecular complexity index is 597. The van der Waals surface area contributed by atoms with Crippen LogP contribution in [0.5, 0.6) is 0 Å². The first-order valence-corrected chi connectivity index (χ1v) is 6.59. The molecule has 0 aromatic heterocycles. The number of ether oxygens (including phenoxy) is 2. The summed E-state index contributed by atoms with van der Waals surface area (Å²) in [6.45, 7) is 0.646. The van der Waals surface area contributed by atoms with Gasteiger partial charge in [0.15, 0.2) is 13.1 Å². The Morgan fingerprint density at radius 1 is 1.04 bits per heavy atom. The predicted octanol–water partition coefficient (Wildman–Crippen LogP) is -2.20. The number of carbonyl (C=O) groups excluding carboxylic acids is 2. The van der Waals surface area contributed by atoms with Gasteiger partial charge < -0.3 is 19.9 Å². The van der Waals surface area contributed by atoms with Gasteiger partial charge in [-0.25, -0.2) is 10.1 Å². The SMILES string of the molecule is CC(=O)OCN(C1=[N+]([O-])C1)N(N(COC(C)=O)C1=[N+]([O-])C1)[N+](=O)[O-]. The largest absolute Gasteiger partial charge is 0.715 e. The zero-order valence-corrected chi connectivity index (χ0v) is 12.8. The number of carbonyl (C=O) groups is 2. The van der Waals surface area contributed by atoms with E-state index in [0.717, 1.165) is 23.9 Å². The van der Waals surface area contributed by atoms with Crippen molar-refractivity contribution in [2.75, 3.05) is 26.6 Å². The van der Waals surface area contributed by atoms with Crippen molar-refractivity contribution in [2.24, 2.45) is 0 Å². The van der Waals surface area contributed by atoms with E-state index in [-0.39, 0.29) is 24.8 Å². The van der Waals surface area contributed by atoms with Crippen LogP contribution in [-0.2, 0) is 19.1 Å². The van der Waals surface area contributed by atoms with Crippen LogP contribution in [0.25, 0.3) is 0 Å². The lowest BCUT2D eigenvalue weighted by molar-refractivity contribution is -0.734. The van der Waals surface area contributed by atoms with Crippen molar-refractivity contribution in [1.82, 2.24) is 15.2 Å². The molecule has 24 heavy (non-hydrogen) atoms. The summed E-state index contributed by atoms with van der Waals surface area (Å²) in [5, 5.41) is 34.9. The summed E-state index contributed by atoms with van der Waals surface area (Å²) in [7, 11) is 0. The highest BCUT2D eigenvalue weighted by atomic mass is 16.7. The summed E-state index contributed by atoms with van der Waals surface area (Å²) in [5.41, 5.74) is 0. The summed E-state index contributed by atoms with van der Waals surface area (Å²) < 4.78 is 10.3. The zero-order valence-electron chi connectivity index (χ0n) is 12.8. The fourth-order valence-corrected chi connectivity index (χ4v) is 1.68. The van der Waals surface area contributed by atoms with Crippen molar-refractivity contribution in [3.8, 4) is 0 Å². The third-order valence-electron chi connectivity index (χ3n) is 2.89. The summed E-state index contributed by atoms with van der Waals surface area (Å²) in [4.78, 5) is 33.4. The Morgan fingerprint density at radius 2 is 1.38 bits per heavy atom. The molecule has 0 radical (unpaired) electrons. The van der Waals surface area contributed by atoms with Crippen LogP contribution in [0.1, 0.15) is 13.8 Å². The molecule has 14 heteroatoms. The van der Waals surface area contributed by atoms with Crippen molar-refractivity contribution in [2.45, 2.75) is 13.8 Å². The van der Waals surface area contributed by atoms with Gasteiger partial charge >= 0.3 is 23.6 Å². The maximum absolute atomic E-state index is 11.4. The van der Waals surface area contributed by atoms with Crippen LogP contribution in [0.4, 0.5) is 0 Å². The van der Waals surface area contributed by atoms with E-state index in [1.54, 1.807) is 0 Å². The van der Waals surface area contributed by atoms with E-state index in [1.807, 2.05) is 0 Å². The molecule has 0 aliphatic carbocycles. The molecule has 0 amide bonds. The van der Waals surface area contributed by atoms with E-state index in [1.165, 1.54) is 0 Å². The van der Waals surface area contributed by atoms with E-state index in [0.29, 0.717) is 14.7 Å². The molecule has 2 aliphatic rings. The number of hydrogen-bond donors (Lipinski definition) is 0. The van der Waals surface area contributed by atoms with Crippen molar-refractivity contribution in [3.05, 3.63) is 20.5 Å². The third kappa shape index (κ3) is 3.90. The highest BCUT2D eigenvalue weighted by Crippen LogP contribution is 2.16. The molecule has 2 heterocycles. The van der Waals surface area contributed by atoms with Gasteiger partial charge in [0.1, 0.15) is 0 Å². The molecule has 2 rings (SSSR count). The van der Waals surface area contributed by atoms with Crippen LogP contribution in [0.2, 0.25) is 0 Å². The standard InChI is InChI=1S/C10H14N6O8/c1-7(17)23-5-11(9-3-13(9)19)15(16(21)22)12(6-24-8(2)18)10-4-14(10)20/h3-6H2,1-2H3. The first kappa shape index (κ1) is 17.0. The van der Waals surface area contributed by atoms with Gasteiger partial charge in [-0.15, -0.1) is 0 Å². The van der Waals surface area contributed by atoms with Crippen molar-refractivity contribution >= 4 is 23.6 Å². The van der Waals surface area contributed by atoms with Gasteiger partial charge in [-0.1, -0.05) is 0 Å². The highest BCUT2D eigenvalue weighted by Gasteiger charge is 2.55. The Balaban J connectivity index is 2.26. The summed E-state index contributed by atoms with van der Waals surface area (Å²) in [6, 6.07) is 0. The molecule has 0 aromatic carbocycles. The van der Waals surface area contributed by atoms with Gasteiger partial charge in [-0.05, 0) is 10.0 Å². The topological polar surface area (TPSA) is 158 Å². The summed E-state index contributed by atoms with van der Waals surface area (Å²) in [5.74, 6) is -1.56. The second-order valence-corrected chi connectivity index (χ2v) is 4.74. The molecule has 0 spiro atoms. The maximum Gasteiger partial charge on any atom is 0.328 e. The van der Waals surface area contributed by atoms with E-state index in [9.17, 15) is 30.1 Å². The second-order valence-electron chi connectivity index (χ2n) is 4.74. The monoisotopic (exact) mass is 346 g/mol. The van der Waals surface area contributed by atoms with Crippen LogP contribution in [0.15, 0.2) is 0 Å². The first-order valence-electron chi connectivity index (χ1n) is 6.59. The number of hydroxylamine groups is 2. The zero-order chi connectivity index (χ0) is 18.0. The summed E-state index contributed by atoms with van der Waals surface area (Å²) >= 11 is 0. The van der Waals surface area contributed by atoms with Crippen LogP contribution < -0.4 is 0 Å². The minimum absolute atomic E-state index is 0.0560. The molecule has 14 nitrogen and oxygen atoms in total. The van der Waals surface area contributed by atoms with Crippen LogP contribution in [-0.4, -0.2) is 79.9 Å². The lowest BCUT2D eigenvalue weighted by Gasteiger charge is -2.20. The van der Waals surface area contributed by atoms with E-state index in [2.05, 4.69) is 0 Å². The van der Waals surface area contributed by atoms with Gasteiger partial charge in [0, 0.05) is 13.8 Å². The molecule has 0 fully saturated rings. The smallest absolute Gasteiger partial charge is 0.328 e. The highest BCUT2D eigenvalue weighted by molar-refractivity contribution is 5.87. The number of hydrogen-bond acceptors (Lipinski definition) is 10. The third-order valence-corrected chi connectivity index (χ3v) is 2.89.